The Morgan fingerprint density at radius 1 is 0.423 bits per heavy atom. The molecule has 4 heteroatoms. The molecule has 0 aliphatic carbocycles. The highest BCUT2D eigenvalue weighted by molar-refractivity contribution is 5.98. The van der Waals surface area contributed by atoms with Gasteiger partial charge in [-0.3, -0.25) is 8.97 Å². The Bertz CT molecular complexity index is 2880. The van der Waals surface area contributed by atoms with E-state index in [9.17, 15) is 0 Å². The van der Waals surface area contributed by atoms with Crippen LogP contribution in [0.2, 0.25) is 0 Å². The molecule has 3 aromatic heterocycles. The molecule has 0 amide bonds. The molecule has 4 nitrogen and oxygen atoms in total. The number of hydrogen-bond acceptors (Lipinski definition) is 2. The smallest absolute Gasteiger partial charge is 0.145 e. The highest BCUT2D eigenvalue weighted by Crippen LogP contribution is 2.39. The lowest BCUT2D eigenvalue weighted by molar-refractivity contribution is 1.10. The zero-order valence-electron chi connectivity index (χ0n) is 28.3. The van der Waals surface area contributed by atoms with E-state index in [1.54, 1.807) is 0 Å². The summed E-state index contributed by atoms with van der Waals surface area (Å²) in [5.74, 6) is 0.908. The number of nitrogens with zero attached hydrogens (tertiary/aromatic N) is 4. The third-order valence-electron chi connectivity index (χ3n) is 9.94. The molecule has 0 unspecified atom stereocenters. The minimum atomic E-state index is 0.908. The summed E-state index contributed by atoms with van der Waals surface area (Å²) in [4.78, 5) is 10.3. The summed E-state index contributed by atoms with van der Waals surface area (Å²) in [5, 5.41) is 2.44. The van der Waals surface area contributed by atoms with Crippen molar-refractivity contribution in [1.82, 2.24) is 18.9 Å². The number of imidazole rings is 2. The first-order valence-corrected chi connectivity index (χ1v) is 17.6. The molecule has 3 heterocycles. The Morgan fingerprint density at radius 3 is 1.96 bits per heavy atom. The van der Waals surface area contributed by atoms with Crippen molar-refractivity contribution in [2.45, 2.75) is 0 Å². The van der Waals surface area contributed by atoms with Crippen LogP contribution in [0.15, 0.2) is 194 Å². The van der Waals surface area contributed by atoms with Gasteiger partial charge in [-0.1, -0.05) is 133 Å². The van der Waals surface area contributed by atoms with Gasteiger partial charge in [0.25, 0.3) is 0 Å². The maximum atomic E-state index is 5.26. The summed E-state index contributed by atoms with van der Waals surface area (Å²) in [7, 11) is 0. The number of para-hydroxylation sites is 3. The van der Waals surface area contributed by atoms with Gasteiger partial charge in [0.2, 0.25) is 0 Å². The Morgan fingerprint density at radius 2 is 1.10 bits per heavy atom. The van der Waals surface area contributed by atoms with Crippen LogP contribution >= 0.6 is 0 Å². The number of pyridine rings is 1. The molecule has 0 atom stereocenters. The molecule has 10 aromatic rings. The van der Waals surface area contributed by atoms with E-state index in [0.29, 0.717) is 0 Å². The standard InChI is InChI=1S/C48H32N4/c1-3-15-35(16-4-1)46-47(51-29-12-11-24-45(51)50-46)36-27-25-33(26-28-36)37-30-38(42-21-13-17-34-14-7-8-20-41(34)42)32-39(31-37)48-49-43-22-9-10-23-44(43)52(48)40-18-5-2-6-19-40/h1-32H. The SMILES string of the molecule is c1ccc(-c2nc3ccccn3c2-c2ccc(-c3cc(-c4cccc5ccccc45)cc(-c4nc5ccccc5n4-c4ccccc4)c3)cc2)cc1. The van der Waals surface area contributed by atoms with Crippen LogP contribution in [-0.2, 0) is 0 Å². The minimum absolute atomic E-state index is 0.908. The van der Waals surface area contributed by atoms with Crippen molar-refractivity contribution in [3.8, 4) is 61.8 Å². The normalized spacial score (nSPS) is 11.5. The third kappa shape index (κ3) is 5.09. The molecule has 0 spiro atoms. The Balaban J connectivity index is 1.17. The van der Waals surface area contributed by atoms with E-state index in [1.165, 1.54) is 16.3 Å². The van der Waals surface area contributed by atoms with Crippen molar-refractivity contribution < 1.29 is 0 Å². The van der Waals surface area contributed by atoms with Gasteiger partial charge in [0, 0.05) is 28.6 Å². The van der Waals surface area contributed by atoms with Crippen LogP contribution in [-0.4, -0.2) is 18.9 Å². The van der Waals surface area contributed by atoms with Gasteiger partial charge < -0.3 is 0 Å². The molecular weight excluding hydrogens is 633 g/mol. The summed E-state index contributed by atoms with van der Waals surface area (Å²) >= 11 is 0. The second-order valence-electron chi connectivity index (χ2n) is 13.1. The van der Waals surface area contributed by atoms with Gasteiger partial charge in [-0.15, -0.1) is 0 Å². The fraction of sp³-hybridized carbons (Fsp3) is 0. The van der Waals surface area contributed by atoms with Crippen LogP contribution in [0, 0.1) is 0 Å². The van der Waals surface area contributed by atoms with Crippen molar-refractivity contribution in [1.29, 1.82) is 0 Å². The molecule has 0 N–H and O–H groups in total. The second kappa shape index (κ2) is 12.4. The van der Waals surface area contributed by atoms with Gasteiger partial charge in [-0.2, -0.15) is 0 Å². The Hall–Kier alpha value is -7.04. The van der Waals surface area contributed by atoms with Crippen LogP contribution in [0.3, 0.4) is 0 Å². The third-order valence-corrected chi connectivity index (χ3v) is 9.94. The molecule has 0 aliphatic heterocycles. The van der Waals surface area contributed by atoms with Gasteiger partial charge >= 0.3 is 0 Å². The van der Waals surface area contributed by atoms with Crippen LogP contribution in [0.1, 0.15) is 0 Å². The average molecular weight is 665 g/mol. The number of fused-ring (bicyclic) bond motifs is 3. The van der Waals surface area contributed by atoms with Crippen molar-refractivity contribution >= 4 is 27.5 Å². The van der Waals surface area contributed by atoms with Gasteiger partial charge in [-0.25, -0.2) is 9.97 Å². The maximum Gasteiger partial charge on any atom is 0.145 e. The summed E-state index contributed by atoms with van der Waals surface area (Å²) in [6, 6.07) is 66.5. The van der Waals surface area contributed by atoms with E-state index in [0.717, 1.165) is 73.0 Å². The first kappa shape index (κ1) is 29.8. The number of aromatic nitrogens is 4. The van der Waals surface area contributed by atoms with E-state index >= 15 is 0 Å². The first-order valence-electron chi connectivity index (χ1n) is 17.6. The van der Waals surface area contributed by atoms with Crippen molar-refractivity contribution in [2.24, 2.45) is 0 Å². The summed E-state index contributed by atoms with van der Waals surface area (Å²) in [5.41, 5.74) is 13.9. The van der Waals surface area contributed by atoms with Gasteiger partial charge in [-0.05, 0) is 87.6 Å². The topological polar surface area (TPSA) is 35.1 Å². The average Bonchev–Trinajstić information content (AvgIpc) is 3.81. The molecule has 7 aromatic carbocycles. The van der Waals surface area contributed by atoms with Gasteiger partial charge in [0.15, 0.2) is 0 Å². The quantitative estimate of drug-likeness (QED) is 0.177. The van der Waals surface area contributed by atoms with E-state index in [-0.39, 0.29) is 0 Å². The predicted molar refractivity (Wildman–Crippen MR) is 215 cm³/mol. The van der Waals surface area contributed by atoms with E-state index in [2.05, 4.69) is 191 Å². The Labute approximate surface area is 301 Å². The number of rotatable bonds is 6. The largest absolute Gasteiger partial charge is 0.299 e. The number of benzene rings is 7. The van der Waals surface area contributed by atoms with Crippen LogP contribution in [0.25, 0.3) is 89.3 Å². The van der Waals surface area contributed by atoms with E-state index < -0.39 is 0 Å². The van der Waals surface area contributed by atoms with Crippen molar-refractivity contribution in [2.75, 3.05) is 0 Å². The summed E-state index contributed by atoms with van der Waals surface area (Å²) in [6.45, 7) is 0. The van der Waals surface area contributed by atoms with Gasteiger partial charge in [0.05, 0.1) is 22.4 Å². The molecular formula is C48H32N4. The Kier molecular flexibility index (Phi) is 7.10. The monoisotopic (exact) mass is 664 g/mol. The molecule has 10 rings (SSSR count). The zero-order valence-corrected chi connectivity index (χ0v) is 28.3. The lowest BCUT2D eigenvalue weighted by atomic mass is 9.92. The lowest BCUT2D eigenvalue weighted by Crippen LogP contribution is -1.98. The molecule has 0 aliphatic rings. The van der Waals surface area contributed by atoms with Crippen molar-refractivity contribution in [3.05, 3.63) is 194 Å². The molecule has 52 heavy (non-hydrogen) atoms. The molecule has 0 bridgehead atoms. The maximum absolute atomic E-state index is 5.26. The number of hydrogen-bond donors (Lipinski definition) is 0. The van der Waals surface area contributed by atoms with Crippen molar-refractivity contribution in [3.63, 3.8) is 0 Å². The molecule has 0 saturated carbocycles. The first-order chi connectivity index (χ1) is 25.8. The molecule has 244 valence electrons. The van der Waals surface area contributed by atoms with E-state index in [4.69, 9.17) is 9.97 Å². The highest BCUT2D eigenvalue weighted by atomic mass is 15.1. The molecule has 0 fully saturated rings. The minimum Gasteiger partial charge on any atom is -0.299 e. The van der Waals surface area contributed by atoms with Crippen LogP contribution in [0.4, 0.5) is 0 Å². The van der Waals surface area contributed by atoms with Gasteiger partial charge in [0.1, 0.15) is 11.5 Å². The predicted octanol–water partition coefficient (Wildman–Crippen LogP) is 12.2. The highest BCUT2D eigenvalue weighted by Gasteiger charge is 2.19. The van der Waals surface area contributed by atoms with E-state index in [1.807, 2.05) is 12.1 Å². The lowest BCUT2D eigenvalue weighted by Gasteiger charge is -2.15. The van der Waals surface area contributed by atoms with Crippen LogP contribution < -0.4 is 0 Å². The zero-order chi connectivity index (χ0) is 34.4. The molecule has 0 radical (unpaired) electrons. The molecule has 0 saturated heterocycles. The second-order valence-corrected chi connectivity index (χ2v) is 13.1. The summed E-state index contributed by atoms with van der Waals surface area (Å²) < 4.78 is 4.46. The summed E-state index contributed by atoms with van der Waals surface area (Å²) in [6.07, 6.45) is 2.09. The fourth-order valence-corrected chi connectivity index (χ4v) is 7.50. The van der Waals surface area contributed by atoms with Crippen LogP contribution in [0.5, 0.6) is 0 Å². The fourth-order valence-electron chi connectivity index (χ4n) is 7.50.